The van der Waals surface area contributed by atoms with Gasteiger partial charge in [-0.05, 0) is 42.9 Å². The molecule has 0 atom stereocenters. The predicted molar refractivity (Wildman–Crippen MR) is 123 cm³/mol. The van der Waals surface area contributed by atoms with Crippen LogP contribution in [0.4, 0.5) is 17.2 Å². The van der Waals surface area contributed by atoms with Crippen LogP contribution in [0.2, 0.25) is 0 Å². The second kappa shape index (κ2) is 8.81. The molecule has 3 N–H and O–H groups in total. The summed E-state index contributed by atoms with van der Waals surface area (Å²) in [6, 6.07) is 12.7. The van der Waals surface area contributed by atoms with E-state index in [4.69, 9.17) is 4.74 Å². The molecule has 0 aliphatic heterocycles. The highest BCUT2D eigenvalue weighted by atomic mass is 32.2. The number of nitrogens with one attached hydrogen (secondary N) is 3. The summed E-state index contributed by atoms with van der Waals surface area (Å²) in [4.78, 5) is 17.7. The summed E-state index contributed by atoms with van der Waals surface area (Å²) in [5, 5.41) is 3.25. The fourth-order valence-corrected chi connectivity index (χ4v) is 4.11. The lowest BCUT2D eigenvalue weighted by Gasteiger charge is -2.24. The van der Waals surface area contributed by atoms with E-state index < -0.39 is 10.0 Å². The monoisotopic (exact) mass is 453 g/mol. The standard InChI is InChI=1S/C21H23N7O3S/c1-22-32(29,30)16-7-8-18(28(2)11-14-5-4-6-15(9-14)31-3)17(10-16)27-21-19-20(24-12-23-19)25-13-26-21/h4-10,12-13,22H,11H2,1-3H3,(H2,23,24,25,26,27). The fraction of sp³-hybridized carbons (Fsp3) is 0.190. The Morgan fingerprint density at radius 2 is 1.97 bits per heavy atom. The van der Waals surface area contributed by atoms with Crippen LogP contribution in [0.1, 0.15) is 5.56 Å². The maximum atomic E-state index is 12.4. The quantitative estimate of drug-likeness (QED) is 0.372. The van der Waals surface area contributed by atoms with Gasteiger partial charge in [-0.1, -0.05) is 12.1 Å². The maximum absolute atomic E-state index is 12.4. The molecule has 0 aliphatic rings. The lowest BCUT2D eigenvalue weighted by Crippen LogP contribution is -2.21. The Bertz CT molecular complexity index is 1350. The number of hydrogen-bond acceptors (Lipinski definition) is 8. The Kier molecular flexibility index (Phi) is 5.93. The summed E-state index contributed by atoms with van der Waals surface area (Å²) in [6.45, 7) is 0.577. The molecule has 4 aromatic rings. The molecule has 2 aromatic carbocycles. The van der Waals surface area contributed by atoms with E-state index in [1.165, 1.54) is 19.7 Å². The van der Waals surface area contributed by atoms with Crippen LogP contribution in [-0.2, 0) is 16.6 Å². The zero-order valence-corrected chi connectivity index (χ0v) is 18.6. The number of aromatic amines is 1. The van der Waals surface area contributed by atoms with E-state index in [-0.39, 0.29) is 4.90 Å². The van der Waals surface area contributed by atoms with Crippen LogP contribution in [-0.4, -0.2) is 49.6 Å². The van der Waals surface area contributed by atoms with Gasteiger partial charge < -0.3 is 19.9 Å². The van der Waals surface area contributed by atoms with E-state index in [1.54, 1.807) is 25.3 Å². The third kappa shape index (κ3) is 4.34. The predicted octanol–water partition coefficient (Wildman–Crippen LogP) is 2.65. The number of H-pyrrole nitrogens is 1. The van der Waals surface area contributed by atoms with Gasteiger partial charge in [0.25, 0.3) is 0 Å². The summed E-state index contributed by atoms with van der Waals surface area (Å²) >= 11 is 0. The number of benzene rings is 2. The molecule has 4 rings (SSSR count). The molecule has 0 fully saturated rings. The molecule has 2 aromatic heterocycles. The van der Waals surface area contributed by atoms with Crippen LogP contribution in [0, 0.1) is 0 Å². The largest absolute Gasteiger partial charge is 0.497 e. The van der Waals surface area contributed by atoms with Gasteiger partial charge in [0, 0.05) is 13.6 Å². The van der Waals surface area contributed by atoms with E-state index in [9.17, 15) is 8.42 Å². The van der Waals surface area contributed by atoms with Crippen molar-refractivity contribution in [2.45, 2.75) is 11.4 Å². The molecule has 10 nitrogen and oxygen atoms in total. The van der Waals surface area contributed by atoms with Gasteiger partial charge in [0.2, 0.25) is 10.0 Å². The average molecular weight is 454 g/mol. The van der Waals surface area contributed by atoms with Crippen LogP contribution >= 0.6 is 0 Å². The van der Waals surface area contributed by atoms with Gasteiger partial charge in [-0.2, -0.15) is 0 Å². The molecule has 11 heteroatoms. The molecule has 0 amide bonds. The molecule has 0 saturated heterocycles. The zero-order chi connectivity index (χ0) is 22.7. The average Bonchev–Trinajstić information content (AvgIpc) is 3.29. The molecule has 0 unspecified atom stereocenters. The zero-order valence-electron chi connectivity index (χ0n) is 17.8. The van der Waals surface area contributed by atoms with E-state index in [1.807, 2.05) is 36.2 Å². The molecule has 0 bridgehead atoms. The normalized spacial score (nSPS) is 11.5. The van der Waals surface area contributed by atoms with Gasteiger partial charge in [-0.3, -0.25) is 0 Å². The number of methoxy groups -OCH3 is 1. The summed E-state index contributed by atoms with van der Waals surface area (Å²) in [6.07, 6.45) is 2.93. The molecular weight excluding hydrogens is 430 g/mol. The first kappa shape index (κ1) is 21.5. The number of sulfonamides is 1. The van der Waals surface area contributed by atoms with Gasteiger partial charge in [0.1, 0.15) is 17.6 Å². The van der Waals surface area contributed by atoms with Crippen molar-refractivity contribution >= 4 is 38.4 Å². The summed E-state index contributed by atoms with van der Waals surface area (Å²) < 4.78 is 32.5. The third-order valence-corrected chi connectivity index (χ3v) is 6.40. The van der Waals surface area contributed by atoms with E-state index in [0.717, 1.165) is 17.0 Å². The van der Waals surface area contributed by atoms with Crippen molar-refractivity contribution in [2.75, 3.05) is 31.4 Å². The van der Waals surface area contributed by atoms with Gasteiger partial charge in [-0.25, -0.2) is 28.1 Å². The van der Waals surface area contributed by atoms with Crippen molar-refractivity contribution in [1.82, 2.24) is 24.7 Å². The molecule has 0 aliphatic carbocycles. The summed E-state index contributed by atoms with van der Waals surface area (Å²) in [7, 11) is 1.30. The van der Waals surface area contributed by atoms with Gasteiger partial charge in [-0.15, -0.1) is 0 Å². The Balaban J connectivity index is 1.74. The lowest BCUT2D eigenvalue weighted by atomic mass is 10.1. The number of aromatic nitrogens is 4. The highest BCUT2D eigenvalue weighted by molar-refractivity contribution is 7.89. The minimum absolute atomic E-state index is 0.135. The van der Waals surface area contributed by atoms with Crippen molar-refractivity contribution in [2.24, 2.45) is 0 Å². The Morgan fingerprint density at radius 3 is 2.75 bits per heavy atom. The topological polar surface area (TPSA) is 125 Å². The van der Waals surface area contributed by atoms with Gasteiger partial charge in [0.05, 0.1) is 29.7 Å². The fourth-order valence-electron chi connectivity index (χ4n) is 3.35. The highest BCUT2D eigenvalue weighted by Crippen LogP contribution is 2.32. The number of rotatable bonds is 8. The molecule has 0 saturated carbocycles. The second-order valence-corrected chi connectivity index (χ2v) is 8.93. The second-order valence-electron chi connectivity index (χ2n) is 7.04. The first-order valence-electron chi connectivity index (χ1n) is 9.74. The van der Waals surface area contributed by atoms with E-state index >= 15 is 0 Å². The number of anilines is 3. The Hall–Kier alpha value is -3.70. The number of nitrogens with zero attached hydrogens (tertiary/aromatic N) is 4. The molecule has 0 spiro atoms. The van der Waals surface area contributed by atoms with Crippen molar-refractivity contribution in [3.63, 3.8) is 0 Å². The molecule has 32 heavy (non-hydrogen) atoms. The maximum Gasteiger partial charge on any atom is 0.240 e. The van der Waals surface area contributed by atoms with Crippen LogP contribution in [0.5, 0.6) is 5.75 Å². The molecule has 166 valence electrons. The smallest absolute Gasteiger partial charge is 0.240 e. The number of ether oxygens (including phenoxy) is 1. The molecule has 0 radical (unpaired) electrons. The number of imidazole rings is 1. The first-order chi connectivity index (χ1) is 15.4. The number of fused-ring (bicyclic) bond motifs is 1. The lowest BCUT2D eigenvalue weighted by molar-refractivity contribution is 0.414. The van der Waals surface area contributed by atoms with Crippen LogP contribution in [0.3, 0.4) is 0 Å². The highest BCUT2D eigenvalue weighted by Gasteiger charge is 2.18. The van der Waals surface area contributed by atoms with Crippen LogP contribution in [0.15, 0.2) is 60.0 Å². The minimum atomic E-state index is -3.63. The number of hydrogen-bond donors (Lipinski definition) is 3. The van der Waals surface area contributed by atoms with Crippen molar-refractivity contribution in [1.29, 1.82) is 0 Å². The summed E-state index contributed by atoms with van der Waals surface area (Å²) in [5.41, 5.74) is 3.53. The molecular formula is C21H23N7O3S. The summed E-state index contributed by atoms with van der Waals surface area (Å²) in [5.74, 6) is 1.26. The van der Waals surface area contributed by atoms with Crippen LogP contribution in [0.25, 0.3) is 11.2 Å². The first-order valence-corrected chi connectivity index (χ1v) is 11.2. The Morgan fingerprint density at radius 1 is 1.12 bits per heavy atom. The third-order valence-electron chi connectivity index (χ3n) is 4.99. The molecule has 2 heterocycles. The van der Waals surface area contributed by atoms with E-state index in [0.29, 0.717) is 29.2 Å². The minimum Gasteiger partial charge on any atom is -0.497 e. The Labute approximate surface area is 185 Å². The van der Waals surface area contributed by atoms with Crippen molar-refractivity contribution in [3.05, 3.63) is 60.7 Å². The van der Waals surface area contributed by atoms with Gasteiger partial charge >= 0.3 is 0 Å². The van der Waals surface area contributed by atoms with Gasteiger partial charge in [0.15, 0.2) is 11.5 Å². The SMILES string of the molecule is CNS(=O)(=O)c1ccc(N(C)Cc2cccc(OC)c2)c(Nc2ncnc3nc[nH]c23)c1. The van der Waals surface area contributed by atoms with Crippen molar-refractivity contribution < 1.29 is 13.2 Å². The van der Waals surface area contributed by atoms with Crippen LogP contribution < -0.4 is 19.7 Å². The van der Waals surface area contributed by atoms with Crippen molar-refractivity contribution in [3.8, 4) is 5.75 Å². The van der Waals surface area contributed by atoms with E-state index in [2.05, 4.69) is 30.0 Å².